The minimum absolute atomic E-state index is 0.0161. The number of hydrogen-bond acceptors (Lipinski definition) is 6. The van der Waals surface area contributed by atoms with Crippen molar-refractivity contribution in [2.75, 3.05) is 11.7 Å². The highest BCUT2D eigenvalue weighted by Crippen LogP contribution is 2.18. The van der Waals surface area contributed by atoms with Gasteiger partial charge >= 0.3 is 0 Å². The number of carbonyl (C=O) groups excluding carboxylic acids is 1. The van der Waals surface area contributed by atoms with Crippen LogP contribution in [0.1, 0.15) is 16.2 Å². The van der Waals surface area contributed by atoms with Crippen molar-refractivity contribution in [1.82, 2.24) is 14.9 Å². The number of thioether (sulfide) groups is 1. The summed E-state index contributed by atoms with van der Waals surface area (Å²) >= 11 is 1.30. The SMILES string of the molecule is CSc1nnc(C)n1NC(=O)c1ccccc1[N+](=O)[O-]. The van der Waals surface area contributed by atoms with Crippen LogP contribution in [0.5, 0.6) is 0 Å². The molecule has 1 aromatic heterocycles. The van der Waals surface area contributed by atoms with Gasteiger partial charge in [0, 0.05) is 6.07 Å². The Morgan fingerprint density at radius 1 is 1.40 bits per heavy atom. The van der Waals surface area contributed by atoms with Gasteiger partial charge in [-0.25, -0.2) is 4.68 Å². The van der Waals surface area contributed by atoms with Gasteiger partial charge in [0.1, 0.15) is 11.4 Å². The Kier molecular flexibility index (Phi) is 3.99. The van der Waals surface area contributed by atoms with Gasteiger partial charge in [0.2, 0.25) is 5.16 Å². The van der Waals surface area contributed by atoms with Gasteiger partial charge in [-0.2, -0.15) is 0 Å². The summed E-state index contributed by atoms with van der Waals surface area (Å²) in [4.78, 5) is 22.5. The van der Waals surface area contributed by atoms with E-state index in [1.54, 1.807) is 19.2 Å². The molecule has 8 nitrogen and oxygen atoms in total. The molecule has 0 radical (unpaired) electrons. The molecule has 0 fully saturated rings. The first-order chi connectivity index (χ1) is 9.54. The molecule has 0 bridgehead atoms. The Labute approximate surface area is 118 Å². The smallest absolute Gasteiger partial charge is 0.267 e. The molecule has 0 saturated carbocycles. The highest BCUT2D eigenvalue weighted by atomic mass is 32.2. The summed E-state index contributed by atoms with van der Waals surface area (Å²) < 4.78 is 1.39. The number of hydrogen-bond donors (Lipinski definition) is 1. The molecule has 0 aliphatic heterocycles. The monoisotopic (exact) mass is 293 g/mol. The van der Waals surface area contributed by atoms with Crippen LogP contribution in [0, 0.1) is 17.0 Å². The van der Waals surface area contributed by atoms with Crippen LogP contribution >= 0.6 is 11.8 Å². The van der Waals surface area contributed by atoms with E-state index in [1.165, 1.54) is 34.6 Å². The molecule has 9 heteroatoms. The molecule has 1 heterocycles. The van der Waals surface area contributed by atoms with E-state index >= 15 is 0 Å². The van der Waals surface area contributed by atoms with Crippen LogP contribution in [0.4, 0.5) is 5.69 Å². The number of nitrogens with zero attached hydrogens (tertiary/aromatic N) is 4. The molecular formula is C11H11N5O3S. The average Bonchev–Trinajstić information content (AvgIpc) is 2.79. The van der Waals surface area contributed by atoms with Crippen LogP contribution in [-0.2, 0) is 0 Å². The summed E-state index contributed by atoms with van der Waals surface area (Å²) in [7, 11) is 0. The zero-order valence-electron chi connectivity index (χ0n) is 10.7. The zero-order valence-corrected chi connectivity index (χ0v) is 11.5. The first-order valence-electron chi connectivity index (χ1n) is 5.55. The Balaban J connectivity index is 2.33. The molecule has 20 heavy (non-hydrogen) atoms. The molecule has 0 unspecified atom stereocenters. The van der Waals surface area contributed by atoms with Crippen LogP contribution in [0.3, 0.4) is 0 Å². The fourth-order valence-corrected chi connectivity index (χ4v) is 2.07. The van der Waals surface area contributed by atoms with Crippen LogP contribution < -0.4 is 5.43 Å². The maximum Gasteiger partial charge on any atom is 0.282 e. The minimum Gasteiger partial charge on any atom is -0.267 e. The molecular weight excluding hydrogens is 282 g/mol. The van der Waals surface area contributed by atoms with Gasteiger partial charge in [-0.1, -0.05) is 23.9 Å². The molecule has 0 saturated heterocycles. The lowest BCUT2D eigenvalue weighted by Crippen LogP contribution is -2.25. The number of amides is 1. The standard InChI is InChI=1S/C11H11N5O3S/c1-7-12-13-11(20-2)15(7)14-10(17)8-5-3-4-6-9(8)16(18)19/h3-6H,1-2H3,(H,14,17). The Bertz CT molecular complexity index is 670. The maximum atomic E-state index is 12.2. The first-order valence-corrected chi connectivity index (χ1v) is 6.78. The van der Waals surface area contributed by atoms with Crippen LogP contribution in [-0.4, -0.2) is 32.0 Å². The van der Waals surface area contributed by atoms with E-state index in [0.29, 0.717) is 11.0 Å². The second-order valence-corrected chi connectivity index (χ2v) is 4.56. The van der Waals surface area contributed by atoms with E-state index in [2.05, 4.69) is 15.6 Å². The molecule has 1 N–H and O–H groups in total. The lowest BCUT2D eigenvalue weighted by Gasteiger charge is -2.09. The number of aryl methyl sites for hydroxylation is 1. The van der Waals surface area contributed by atoms with Gasteiger partial charge in [0.25, 0.3) is 11.6 Å². The molecule has 1 amide bonds. The van der Waals surface area contributed by atoms with Gasteiger partial charge in [-0.15, -0.1) is 10.2 Å². The van der Waals surface area contributed by atoms with Crippen molar-refractivity contribution in [1.29, 1.82) is 0 Å². The molecule has 0 spiro atoms. The quantitative estimate of drug-likeness (QED) is 0.521. The number of nitro benzene ring substituents is 1. The molecule has 1 aromatic carbocycles. The van der Waals surface area contributed by atoms with E-state index in [-0.39, 0.29) is 11.3 Å². The number of nitrogens with one attached hydrogen (secondary N) is 1. The minimum atomic E-state index is -0.594. The van der Waals surface area contributed by atoms with E-state index in [4.69, 9.17) is 0 Å². The average molecular weight is 293 g/mol. The lowest BCUT2D eigenvalue weighted by molar-refractivity contribution is -0.385. The summed E-state index contributed by atoms with van der Waals surface area (Å²) in [5.41, 5.74) is 2.28. The largest absolute Gasteiger partial charge is 0.282 e. The third-order valence-electron chi connectivity index (χ3n) is 2.54. The van der Waals surface area contributed by atoms with E-state index in [1.807, 2.05) is 0 Å². The molecule has 104 valence electrons. The third-order valence-corrected chi connectivity index (χ3v) is 3.17. The molecule has 2 aromatic rings. The Hall–Kier alpha value is -2.42. The first kappa shape index (κ1) is 14.0. The Morgan fingerprint density at radius 2 is 2.10 bits per heavy atom. The molecule has 0 aliphatic rings. The van der Waals surface area contributed by atoms with Gasteiger partial charge in [0.05, 0.1) is 4.92 Å². The number of benzene rings is 1. The molecule has 2 rings (SSSR count). The summed E-state index contributed by atoms with van der Waals surface area (Å²) in [5, 5.41) is 19.1. The van der Waals surface area contributed by atoms with Gasteiger partial charge in [0.15, 0.2) is 0 Å². The van der Waals surface area contributed by atoms with Crippen molar-refractivity contribution in [2.24, 2.45) is 0 Å². The third kappa shape index (κ3) is 2.62. The van der Waals surface area contributed by atoms with E-state index in [0.717, 1.165) is 0 Å². The summed E-state index contributed by atoms with van der Waals surface area (Å²) in [6.45, 7) is 1.67. The summed E-state index contributed by atoms with van der Waals surface area (Å²) in [6, 6.07) is 5.75. The summed E-state index contributed by atoms with van der Waals surface area (Å²) in [6.07, 6.45) is 1.79. The van der Waals surface area contributed by atoms with E-state index < -0.39 is 10.8 Å². The van der Waals surface area contributed by atoms with Gasteiger partial charge < -0.3 is 0 Å². The van der Waals surface area contributed by atoms with Crippen LogP contribution in [0.15, 0.2) is 29.4 Å². The van der Waals surface area contributed by atoms with Gasteiger partial charge in [-0.05, 0) is 19.2 Å². The van der Waals surface area contributed by atoms with Crippen molar-refractivity contribution in [3.8, 4) is 0 Å². The van der Waals surface area contributed by atoms with Crippen LogP contribution in [0.2, 0.25) is 0 Å². The number of aromatic nitrogens is 3. The van der Waals surface area contributed by atoms with Crippen molar-refractivity contribution in [3.63, 3.8) is 0 Å². The molecule has 0 aliphatic carbocycles. The topological polar surface area (TPSA) is 103 Å². The lowest BCUT2D eigenvalue weighted by atomic mass is 10.2. The van der Waals surface area contributed by atoms with Crippen molar-refractivity contribution in [2.45, 2.75) is 12.1 Å². The normalized spacial score (nSPS) is 10.3. The number of rotatable bonds is 4. The highest BCUT2D eigenvalue weighted by Gasteiger charge is 2.20. The fourth-order valence-electron chi connectivity index (χ4n) is 1.59. The van der Waals surface area contributed by atoms with Crippen molar-refractivity contribution in [3.05, 3.63) is 45.8 Å². The van der Waals surface area contributed by atoms with Gasteiger partial charge in [-0.3, -0.25) is 20.3 Å². The predicted molar refractivity (Wildman–Crippen MR) is 73.3 cm³/mol. The fraction of sp³-hybridized carbons (Fsp3) is 0.182. The Morgan fingerprint density at radius 3 is 2.75 bits per heavy atom. The number of carbonyl (C=O) groups is 1. The van der Waals surface area contributed by atoms with Crippen molar-refractivity contribution < 1.29 is 9.72 Å². The maximum absolute atomic E-state index is 12.2. The van der Waals surface area contributed by atoms with E-state index in [9.17, 15) is 14.9 Å². The summed E-state index contributed by atoms with van der Waals surface area (Å²) in [5.74, 6) is -0.100. The second kappa shape index (κ2) is 5.70. The molecule has 0 atom stereocenters. The predicted octanol–water partition coefficient (Wildman–Crippen LogP) is 1.60. The number of nitro groups is 1. The number of para-hydroxylation sites is 1. The zero-order chi connectivity index (χ0) is 14.7. The highest BCUT2D eigenvalue weighted by molar-refractivity contribution is 7.98. The second-order valence-electron chi connectivity index (χ2n) is 3.78. The van der Waals surface area contributed by atoms with Crippen molar-refractivity contribution >= 4 is 23.4 Å². The van der Waals surface area contributed by atoms with Crippen LogP contribution in [0.25, 0.3) is 0 Å².